The molecule has 0 amide bonds. The van der Waals surface area contributed by atoms with Gasteiger partial charge in [-0.15, -0.1) is 0 Å². The van der Waals surface area contributed by atoms with E-state index >= 15 is 0 Å². The number of pyridine rings is 1. The third kappa shape index (κ3) is 4.37. The molecule has 16 heavy (non-hydrogen) atoms. The first-order chi connectivity index (χ1) is 7.76. The van der Waals surface area contributed by atoms with Crippen LogP contribution in [0, 0.1) is 11.3 Å². The van der Waals surface area contributed by atoms with Crippen molar-refractivity contribution in [3.63, 3.8) is 0 Å². The Balaban J connectivity index is 2.56. The van der Waals surface area contributed by atoms with E-state index in [1.54, 1.807) is 6.20 Å². The number of halogens is 1. The normalized spacial score (nSPS) is 9.00. The molecule has 0 bridgehead atoms. The van der Waals surface area contributed by atoms with Gasteiger partial charge < -0.3 is 0 Å². The summed E-state index contributed by atoms with van der Waals surface area (Å²) in [5, 5.41) is 8.89. The molecule has 0 spiro atoms. The van der Waals surface area contributed by atoms with Crippen LogP contribution in [-0.4, -0.2) is 15.8 Å². The van der Waals surface area contributed by atoms with E-state index in [0.717, 1.165) is 16.9 Å². The molecule has 0 saturated carbocycles. The molecule has 4 nitrogen and oxygen atoms in total. The Bertz CT molecular complexity index is 443. The fourth-order valence-corrected chi connectivity index (χ4v) is 1.74. The van der Waals surface area contributed by atoms with Gasteiger partial charge in [0, 0.05) is 11.9 Å². The van der Waals surface area contributed by atoms with Crippen molar-refractivity contribution in [2.75, 3.05) is 0 Å². The zero-order chi connectivity index (χ0) is 11.8. The molecule has 1 aromatic rings. The molecule has 0 unspecified atom stereocenters. The van der Waals surface area contributed by atoms with Gasteiger partial charge in [-0.2, -0.15) is 9.93 Å². The lowest BCUT2D eigenvalue weighted by Gasteiger charge is -1.97. The van der Waals surface area contributed by atoms with Crippen LogP contribution in [0.4, 0.5) is 0 Å². The van der Waals surface area contributed by atoms with Crippen LogP contribution in [-0.2, 0) is 12.2 Å². The van der Waals surface area contributed by atoms with Gasteiger partial charge in [-0.05, 0) is 35.0 Å². The Morgan fingerprint density at radius 1 is 1.69 bits per heavy atom. The summed E-state index contributed by atoms with van der Waals surface area (Å²) in [6.07, 6.45) is 2.07. The SMILES string of the molecule is N#CCc1ccc(CSC(N)=[N+]=CCl)cn1. The molecule has 2 N–H and O–H groups in total. The molecule has 0 aliphatic heterocycles. The van der Waals surface area contributed by atoms with Crippen LogP contribution < -0.4 is 10.4 Å². The molecule has 0 aromatic carbocycles. The van der Waals surface area contributed by atoms with E-state index in [2.05, 4.69) is 9.65 Å². The number of amidine groups is 1. The summed E-state index contributed by atoms with van der Waals surface area (Å²) < 4.78 is 3.72. The molecule has 0 aliphatic rings. The minimum absolute atomic E-state index is 0.332. The largest absolute Gasteiger partial charge is 0.403 e. The van der Waals surface area contributed by atoms with Crippen molar-refractivity contribution in [3.8, 4) is 6.07 Å². The highest BCUT2D eigenvalue weighted by molar-refractivity contribution is 8.13. The van der Waals surface area contributed by atoms with Crippen molar-refractivity contribution >= 4 is 34.2 Å². The lowest BCUT2D eigenvalue weighted by molar-refractivity contribution is 1.10. The number of aromatic nitrogens is 1. The minimum atomic E-state index is 0.332. The first-order valence-corrected chi connectivity index (χ1v) is 5.87. The van der Waals surface area contributed by atoms with Gasteiger partial charge in [-0.3, -0.25) is 10.7 Å². The van der Waals surface area contributed by atoms with Gasteiger partial charge in [0.2, 0.25) is 0 Å². The maximum atomic E-state index is 8.48. The summed E-state index contributed by atoms with van der Waals surface area (Å²) in [5.74, 6) is 0.680. The predicted octanol–water partition coefficient (Wildman–Crippen LogP) is 1.03. The fraction of sp³-hybridized carbons (Fsp3) is 0.200. The highest BCUT2D eigenvalue weighted by Gasteiger charge is 2.03. The van der Waals surface area contributed by atoms with Crippen LogP contribution in [0.1, 0.15) is 11.3 Å². The van der Waals surface area contributed by atoms with Crippen LogP contribution in [0.2, 0.25) is 0 Å². The van der Waals surface area contributed by atoms with Gasteiger partial charge in [-0.25, -0.2) is 0 Å². The van der Waals surface area contributed by atoms with Crippen LogP contribution >= 0.6 is 23.4 Å². The van der Waals surface area contributed by atoms with E-state index in [-0.39, 0.29) is 0 Å². The fourth-order valence-electron chi connectivity index (χ4n) is 0.969. The lowest BCUT2D eigenvalue weighted by atomic mass is 10.2. The van der Waals surface area contributed by atoms with E-state index in [1.807, 2.05) is 18.2 Å². The standard InChI is InChI=1S/C10H9ClN4S/c11-7-15-10(13)16-6-8-1-2-9(3-4-12)14-5-8/h1-2,5,7,13H,3,6H2/p+1. The lowest BCUT2D eigenvalue weighted by Crippen LogP contribution is -2.10. The number of nitriles is 1. The topological polar surface area (TPSA) is 76.8 Å². The van der Waals surface area contributed by atoms with E-state index in [4.69, 9.17) is 22.6 Å². The van der Waals surface area contributed by atoms with Crippen LogP contribution in [0.5, 0.6) is 0 Å². The average molecular weight is 254 g/mol. The maximum Gasteiger partial charge on any atom is 0.403 e. The number of hydrogen-bond donors (Lipinski definition) is 1. The van der Waals surface area contributed by atoms with Gasteiger partial charge in [0.05, 0.1) is 18.2 Å². The molecule has 1 aromatic heterocycles. The summed E-state index contributed by atoms with van der Waals surface area (Å²) in [4.78, 5) is 4.14. The summed E-state index contributed by atoms with van der Waals surface area (Å²) in [6.45, 7) is 0. The Morgan fingerprint density at radius 3 is 3.06 bits per heavy atom. The highest BCUT2D eigenvalue weighted by Crippen LogP contribution is 2.10. The molecule has 0 radical (unpaired) electrons. The van der Waals surface area contributed by atoms with Gasteiger partial charge in [0.25, 0.3) is 5.67 Å². The zero-order valence-electron chi connectivity index (χ0n) is 8.43. The maximum absolute atomic E-state index is 8.48. The Morgan fingerprint density at radius 2 is 2.50 bits per heavy atom. The van der Waals surface area contributed by atoms with Gasteiger partial charge in [-0.1, -0.05) is 6.07 Å². The molecule has 1 rings (SSSR count). The molecule has 0 atom stereocenters. The average Bonchev–Trinajstić information content (AvgIpc) is 2.29. The summed E-state index contributed by atoms with van der Waals surface area (Å²) in [6, 6.07) is 5.80. The number of hydrogen-bond acceptors (Lipinski definition) is 3. The van der Waals surface area contributed by atoms with Crippen molar-refractivity contribution in [2.24, 2.45) is 5.73 Å². The summed E-state index contributed by atoms with van der Waals surface area (Å²) >= 11 is 6.67. The van der Waals surface area contributed by atoms with Crippen molar-refractivity contribution in [1.82, 2.24) is 9.65 Å². The summed E-state index contributed by atoms with van der Waals surface area (Å²) in [7, 11) is 0. The third-order valence-electron chi connectivity index (χ3n) is 1.71. The Hall–Kier alpha value is -1.47. The van der Waals surface area contributed by atoms with Crippen molar-refractivity contribution in [2.45, 2.75) is 12.2 Å². The van der Waals surface area contributed by atoms with Gasteiger partial charge in [0.15, 0.2) is 0 Å². The quantitative estimate of drug-likeness (QED) is 0.496. The van der Waals surface area contributed by atoms with E-state index < -0.39 is 0 Å². The Labute approximate surface area is 103 Å². The van der Waals surface area contributed by atoms with Crippen LogP contribution in [0.3, 0.4) is 0 Å². The van der Waals surface area contributed by atoms with Crippen molar-refractivity contribution < 1.29 is 0 Å². The van der Waals surface area contributed by atoms with Crippen molar-refractivity contribution in [1.29, 1.82) is 5.26 Å². The monoisotopic (exact) mass is 253 g/mol. The van der Waals surface area contributed by atoms with Gasteiger partial charge in [0.1, 0.15) is 0 Å². The number of nitrogens with two attached hydrogens (primary N) is 1. The van der Waals surface area contributed by atoms with Crippen molar-refractivity contribution in [3.05, 3.63) is 29.6 Å². The smallest absolute Gasteiger partial charge is 0.267 e. The minimum Gasteiger partial charge on any atom is -0.267 e. The number of thioether (sulfide) groups is 1. The molecular weight excluding hydrogens is 244 g/mol. The number of nitrogens with zero attached hydrogens (tertiary/aromatic N) is 3. The first kappa shape index (κ1) is 12.6. The second kappa shape index (κ2) is 6.91. The molecule has 1 heterocycles. The Kier molecular flexibility index (Phi) is 5.44. The predicted molar refractivity (Wildman–Crippen MR) is 68.1 cm³/mol. The molecule has 82 valence electrons. The third-order valence-corrected chi connectivity index (χ3v) is 2.69. The first-order valence-electron chi connectivity index (χ1n) is 4.45. The van der Waals surface area contributed by atoms with E-state index in [1.165, 1.54) is 11.8 Å². The van der Waals surface area contributed by atoms with E-state index in [9.17, 15) is 0 Å². The highest BCUT2D eigenvalue weighted by atomic mass is 35.5. The van der Waals surface area contributed by atoms with Gasteiger partial charge >= 0.3 is 5.17 Å². The second-order valence-electron chi connectivity index (χ2n) is 2.85. The molecule has 0 fully saturated rings. The zero-order valence-corrected chi connectivity index (χ0v) is 10.0. The summed E-state index contributed by atoms with van der Waals surface area (Å²) in [5.41, 5.74) is 8.48. The van der Waals surface area contributed by atoms with E-state index in [0.29, 0.717) is 17.3 Å². The molecule has 0 saturated heterocycles. The van der Waals surface area contributed by atoms with Crippen LogP contribution in [0.25, 0.3) is 0 Å². The number of rotatable bonds is 3. The van der Waals surface area contributed by atoms with Crippen LogP contribution in [0.15, 0.2) is 18.3 Å². The molecule has 6 heteroatoms. The molecule has 0 aliphatic carbocycles. The molecular formula is C10H10ClN4S+. The second-order valence-corrected chi connectivity index (χ2v) is 4.04.